The standard InChI is InChI=1S/C10H11F4N3O2/c11-7-6(1-2-16-8(7)15)9(19)17(3-4-18)5-10(12,13)14/h1-2,18H,3-5H2,(H2,15,16). The van der Waals surface area contributed by atoms with E-state index in [4.69, 9.17) is 10.8 Å². The molecule has 0 saturated carbocycles. The van der Waals surface area contributed by atoms with Crippen molar-refractivity contribution in [1.29, 1.82) is 0 Å². The summed E-state index contributed by atoms with van der Waals surface area (Å²) >= 11 is 0. The average molecular weight is 281 g/mol. The molecular weight excluding hydrogens is 270 g/mol. The lowest BCUT2D eigenvalue weighted by Crippen LogP contribution is -2.41. The summed E-state index contributed by atoms with van der Waals surface area (Å²) in [7, 11) is 0. The van der Waals surface area contributed by atoms with Crippen molar-refractivity contribution in [2.45, 2.75) is 6.18 Å². The Morgan fingerprint density at radius 3 is 2.63 bits per heavy atom. The predicted octanol–water partition coefficient (Wildman–Crippen LogP) is 0.800. The minimum Gasteiger partial charge on any atom is -0.395 e. The highest BCUT2D eigenvalue weighted by Crippen LogP contribution is 2.20. The number of amides is 1. The number of anilines is 1. The summed E-state index contributed by atoms with van der Waals surface area (Å²) in [5, 5.41) is 8.66. The van der Waals surface area contributed by atoms with Crippen molar-refractivity contribution < 1.29 is 27.5 Å². The molecular formula is C10H11F4N3O2. The molecule has 1 aromatic heterocycles. The third kappa shape index (κ3) is 4.05. The smallest absolute Gasteiger partial charge is 0.395 e. The van der Waals surface area contributed by atoms with Gasteiger partial charge in [0.15, 0.2) is 11.6 Å². The minimum absolute atomic E-state index is 0.290. The van der Waals surface area contributed by atoms with Gasteiger partial charge < -0.3 is 15.7 Å². The van der Waals surface area contributed by atoms with Gasteiger partial charge in [-0.2, -0.15) is 13.2 Å². The van der Waals surface area contributed by atoms with Crippen LogP contribution in [-0.2, 0) is 0 Å². The highest BCUT2D eigenvalue weighted by molar-refractivity contribution is 5.95. The zero-order valence-corrected chi connectivity index (χ0v) is 9.62. The molecule has 106 valence electrons. The average Bonchev–Trinajstić information content (AvgIpc) is 2.30. The number of rotatable bonds is 4. The van der Waals surface area contributed by atoms with Gasteiger partial charge in [-0.1, -0.05) is 0 Å². The van der Waals surface area contributed by atoms with E-state index in [0.717, 1.165) is 12.3 Å². The normalized spacial score (nSPS) is 11.4. The Morgan fingerprint density at radius 1 is 1.47 bits per heavy atom. The third-order valence-corrected chi connectivity index (χ3v) is 2.17. The van der Waals surface area contributed by atoms with Crippen LogP contribution in [0.5, 0.6) is 0 Å². The van der Waals surface area contributed by atoms with Crippen LogP contribution in [0.25, 0.3) is 0 Å². The SMILES string of the molecule is Nc1nccc(C(=O)N(CCO)CC(F)(F)F)c1F. The number of hydrogen-bond acceptors (Lipinski definition) is 4. The van der Waals surface area contributed by atoms with Gasteiger partial charge >= 0.3 is 6.18 Å². The van der Waals surface area contributed by atoms with Gasteiger partial charge in [0.1, 0.15) is 6.54 Å². The molecule has 0 aliphatic carbocycles. The Balaban J connectivity index is 3.02. The second-order valence-corrected chi connectivity index (χ2v) is 3.62. The van der Waals surface area contributed by atoms with Gasteiger partial charge in [0.2, 0.25) is 0 Å². The summed E-state index contributed by atoms with van der Waals surface area (Å²) in [6, 6.07) is 0.925. The maximum Gasteiger partial charge on any atom is 0.406 e. The number of carbonyl (C=O) groups is 1. The van der Waals surface area contributed by atoms with Gasteiger partial charge in [-0.25, -0.2) is 9.37 Å². The number of aromatic nitrogens is 1. The first-order chi connectivity index (χ1) is 8.76. The van der Waals surface area contributed by atoms with E-state index in [0.29, 0.717) is 0 Å². The van der Waals surface area contributed by atoms with Gasteiger partial charge in [-0.05, 0) is 6.07 Å². The fourth-order valence-electron chi connectivity index (χ4n) is 1.38. The van der Waals surface area contributed by atoms with Crippen LogP contribution in [0.4, 0.5) is 23.4 Å². The minimum atomic E-state index is -4.65. The predicted molar refractivity (Wildman–Crippen MR) is 57.7 cm³/mol. The molecule has 0 aliphatic heterocycles. The molecule has 0 bridgehead atoms. The molecule has 5 nitrogen and oxygen atoms in total. The van der Waals surface area contributed by atoms with E-state index in [1.54, 1.807) is 0 Å². The fourth-order valence-corrected chi connectivity index (χ4v) is 1.38. The fraction of sp³-hybridized carbons (Fsp3) is 0.400. The van der Waals surface area contributed by atoms with Crippen LogP contribution >= 0.6 is 0 Å². The van der Waals surface area contributed by atoms with Crippen LogP contribution in [0.15, 0.2) is 12.3 Å². The Kier molecular flexibility index (Phi) is 4.65. The molecule has 3 N–H and O–H groups in total. The maximum atomic E-state index is 13.5. The summed E-state index contributed by atoms with van der Waals surface area (Å²) in [4.78, 5) is 15.4. The first-order valence-corrected chi connectivity index (χ1v) is 5.13. The maximum absolute atomic E-state index is 13.5. The zero-order chi connectivity index (χ0) is 14.6. The topological polar surface area (TPSA) is 79.5 Å². The van der Waals surface area contributed by atoms with Crippen molar-refractivity contribution in [3.8, 4) is 0 Å². The van der Waals surface area contributed by atoms with Gasteiger partial charge in [0.25, 0.3) is 5.91 Å². The quantitative estimate of drug-likeness (QED) is 0.800. The van der Waals surface area contributed by atoms with Crippen LogP contribution in [0, 0.1) is 5.82 Å². The number of hydrogen-bond donors (Lipinski definition) is 2. The van der Waals surface area contributed by atoms with E-state index in [1.807, 2.05) is 0 Å². The second kappa shape index (κ2) is 5.83. The number of nitrogens with two attached hydrogens (primary N) is 1. The molecule has 0 aromatic carbocycles. The van der Waals surface area contributed by atoms with Crippen molar-refractivity contribution in [2.75, 3.05) is 25.4 Å². The molecule has 0 radical (unpaired) electrons. The van der Waals surface area contributed by atoms with E-state index >= 15 is 0 Å². The van der Waals surface area contributed by atoms with E-state index in [1.165, 1.54) is 0 Å². The van der Waals surface area contributed by atoms with Gasteiger partial charge in [0, 0.05) is 12.7 Å². The number of halogens is 4. The van der Waals surface area contributed by atoms with E-state index in [2.05, 4.69) is 4.98 Å². The van der Waals surface area contributed by atoms with Crippen LogP contribution in [0.1, 0.15) is 10.4 Å². The summed E-state index contributed by atoms with van der Waals surface area (Å²) < 4.78 is 50.3. The molecule has 1 rings (SSSR count). The van der Waals surface area contributed by atoms with E-state index in [-0.39, 0.29) is 4.90 Å². The lowest BCUT2D eigenvalue weighted by molar-refractivity contribution is -0.141. The van der Waals surface area contributed by atoms with Gasteiger partial charge in [-0.3, -0.25) is 4.79 Å². The lowest BCUT2D eigenvalue weighted by atomic mass is 10.2. The Labute approximate surface area is 105 Å². The van der Waals surface area contributed by atoms with Crippen molar-refractivity contribution in [1.82, 2.24) is 9.88 Å². The molecule has 0 aliphatic rings. The molecule has 19 heavy (non-hydrogen) atoms. The monoisotopic (exact) mass is 281 g/mol. The molecule has 0 unspecified atom stereocenters. The third-order valence-electron chi connectivity index (χ3n) is 2.17. The van der Waals surface area contributed by atoms with E-state index < -0.39 is 49.0 Å². The van der Waals surface area contributed by atoms with Gasteiger partial charge in [0.05, 0.1) is 12.2 Å². The first kappa shape index (κ1) is 15.2. The Bertz CT molecular complexity index is 465. The largest absolute Gasteiger partial charge is 0.406 e. The first-order valence-electron chi connectivity index (χ1n) is 5.13. The molecule has 0 saturated heterocycles. The van der Waals surface area contributed by atoms with Gasteiger partial charge in [-0.15, -0.1) is 0 Å². The summed E-state index contributed by atoms with van der Waals surface area (Å²) in [6.45, 7) is -2.84. The number of carbonyl (C=O) groups excluding carboxylic acids is 1. The number of nitrogen functional groups attached to an aromatic ring is 1. The lowest BCUT2D eigenvalue weighted by Gasteiger charge is -2.23. The molecule has 9 heteroatoms. The Hall–Kier alpha value is -1.90. The van der Waals surface area contributed by atoms with Crippen molar-refractivity contribution in [3.63, 3.8) is 0 Å². The summed E-state index contributed by atoms with van der Waals surface area (Å²) in [6.07, 6.45) is -3.64. The number of aliphatic hydroxyl groups excluding tert-OH is 1. The van der Waals surface area contributed by atoms with Crippen LogP contribution in [-0.4, -0.2) is 46.8 Å². The summed E-state index contributed by atoms with van der Waals surface area (Å²) in [5.41, 5.74) is 4.51. The zero-order valence-electron chi connectivity index (χ0n) is 9.62. The van der Waals surface area contributed by atoms with Crippen LogP contribution in [0.3, 0.4) is 0 Å². The number of nitrogens with zero attached hydrogens (tertiary/aromatic N) is 2. The summed E-state index contributed by atoms with van der Waals surface area (Å²) in [5.74, 6) is -2.97. The molecule has 0 atom stereocenters. The highest BCUT2D eigenvalue weighted by Gasteiger charge is 2.34. The second-order valence-electron chi connectivity index (χ2n) is 3.62. The van der Waals surface area contributed by atoms with Crippen molar-refractivity contribution >= 4 is 11.7 Å². The molecule has 1 aromatic rings. The van der Waals surface area contributed by atoms with E-state index in [9.17, 15) is 22.4 Å². The van der Waals surface area contributed by atoms with Crippen LogP contribution < -0.4 is 5.73 Å². The number of alkyl halides is 3. The molecule has 0 spiro atoms. The van der Waals surface area contributed by atoms with Crippen molar-refractivity contribution in [3.05, 3.63) is 23.6 Å². The molecule has 1 heterocycles. The number of aliphatic hydroxyl groups is 1. The molecule has 0 fully saturated rings. The van der Waals surface area contributed by atoms with Crippen molar-refractivity contribution in [2.24, 2.45) is 0 Å². The van der Waals surface area contributed by atoms with Crippen LogP contribution in [0.2, 0.25) is 0 Å². The molecule has 1 amide bonds. The highest BCUT2D eigenvalue weighted by atomic mass is 19.4. The Morgan fingerprint density at radius 2 is 2.11 bits per heavy atom. The number of pyridine rings is 1.